The molecule has 0 saturated carbocycles. The summed E-state index contributed by atoms with van der Waals surface area (Å²) in [4.78, 5) is 12.1. The Morgan fingerprint density at radius 3 is 3.00 bits per heavy atom. The molecule has 2 heterocycles. The fourth-order valence-electron chi connectivity index (χ4n) is 1.15. The number of aromatic nitrogens is 2. The first-order chi connectivity index (χ1) is 8.15. The summed E-state index contributed by atoms with van der Waals surface area (Å²) < 4.78 is 14.2. The van der Waals surface area contributed by atoms with Crippen LogP contribution in [-0.4, -0.2) is 21.9 Å². The van der Waals surface area contributed by atoms with Crippen LogP contribution in [0.4, 0.5) is 4.39 Å². The van der Waals surface area contributed by atoms with Crippen molar-refractivity contribution in [2.24, 2.45) is 12.1 Å². The van der Waals surface area contributed by atoms with Gasteiger partial charge in [0, 0.05) is 13.2 Å². The first-order valence-corrected chi connectivity index (χ1v) is 5.55. The second-order valence-electron chi connectivity index (χ2n) is 3.22. The van der Waals surface area contributed by atoms with Gasteiger partial charge in [0.25, 0.3) is 5.91 Å². The largest absolute Gasteiger partial charge is 0.291 e. The summed E-state index contributed by atoms with van der Waals surface area (Å²) in [6, 6.07) is 4.50. The molecular formula is C10H9FN4OS. The van der Waals surface area contributed by atoms with Crippen LogP contribution in [0.25, 0.3) is 0 Å². The van der Waals surface area contributed by atoms with E-state index in [0.717, 1.165) is 11.3 Å². The first kappa shape index (κ1) is 11.5. The fraction of sp³-hybridized carbons (Fsp3) is 0.100. The van der Waals surface area contributed by atoms with E-state index in [9.17, 15) is 9.18 Å². The molecule has 0 aliphatic carbocycles. The zero-order valence-corrected chi connectivity index (χ0v) is 9.74. The Bertz CT molecular complexity index is 560. The Hall–Kier alpha value is -2.02. The molecule has 0 atom stereocenters. The van der Waals surface area contributed by atoms with Gasteiger partial charge in [-0.3, -0.25) is 9.48 Å². The number of nitrogens with one attached hydrogen (secondary N) is 1. The monoisotopic (exact) mass is 252 g/mol. The number of thiophene rings is 1. The van der Waals surface area contributed by atoms with Crippen molar-refractivity contribution in [1.82, 2.24) is 15.2 Å². The van der Waals surface area contributed by atoms with Gasteiger partial charge in [0.05, 0.1) is 11.1 Å². The van der Waals surface area contributed by atoms with Crippen LogP contribution in [0, 0.1) is 5.13 Å². The van der Waals surface area contributed by atoms with Crippen LogP contribution >= 0.6 is 11.3 Å². The van der Waals surface area contributed by atoms with Crippen LogP contribution in [0.3, 0.4) is 0 Å². The van der Waals surface area contributed by atoms with Crippen LogP contribution in [0.1, 0.15) is 15.4 Å². The van der Waals surface area contributed by atoms with E-state index in [0.29, 0.717) is 4.88 Å². The summed E-state index contributed by atoms with van der Waals surface area (Å²) in [7, 11) is 1.72. The summed E-state index contributed by atoms with van der Waals surface area (Å²) in [5, 5.41) is 7.33. The molecule has 88 valence electrons. The lowest BCUT2D eigenvalue weighted by Gasteiger charge is -1.93. The average Bonchev–Trinajstić information content (AvgIpc) is 2.88. The van der Waals surface area contributed by atoms with E-state index in [2.05, 4.69) is 15.6 Å². The summed E-state index contributed by atoms with van der Waals surface area (Å²) in [6.45, 7) is 0. The van der Waals surface area contributed by atoms with Gasteiger partial charge in [0.2, 0.25) is 0 Å². The summed E-state index contributed by atoms with van der Waals surface area (Å²) >= 11 is 0.952. The number of halogens is 1. The molecule has 7 heteroatoms. The van der Waals surface area contributed by atoms with Gasteiger partial charge in [0.1, 0.15) is 0 Å². The van der Waals surface area contributed by atoms with Crippen molar-refractivity contribution in [2.75, 3.05) is 0 Å². The molecule has 0 unspecified atom stereocenters. The van der Waals surface area contributed by atoms with Crippen LogP contribution in [0.5, 0.6) is 0 Å². The number of carbonyl (C=O) groups is 1. The van der Waals surface area contributed by atoms with Crippen molar-refractivity contribution in [3.63, 3.8) is 0 Å². The number of rotatable bonds is 3. The Labute approximate surface area is 101 Å². The topological polar surface area (TPSA) is 59.3 Å². The molecule has 2 rings (SSSR count). The van der Waals surface area contributed by atoms with Gasteiger partial charge in [-0.25, -0.2) is 5.43 Å². The van der Waals surface area contributed by atoms with Crippen molar-refractivity contribution in [3.8, 4) is 0 Å². The molecule has 0 radical (unpaired) electrons. The molecule has 17 heavy (non-hydrogen) atoms. The summed E-state index contributed by atoms with van der Waals surface area (Å²) in [5.74, 6) is -0.404. The maximum atomic E-state index is 12.6. The third-order valence-corrected chi connectivity index (χ3v) is 2.71. The number of carbonyl (C=O) groups excluding carboxylic acids is 1. The zero-order chi connectivity index (χ0) is 12.3. The van der Waals surface area contributed by atoms with E-state index in [1.165, 1.54) is 17.0 Å². The highest BCUT2D eigenvalue weighted by Gasteiger charge is 2.06. The molecule has 0 bridgehead atoms. The van der Waals surface area contributed by atoms with Crippen LogP contribution in [-0.2, 0) is 7.05 Å². The molecule has 0 aliphatic heterocycles. The van der Waals surface area contributed by atoms with E-state index in [-0.39, 0.29) is 10.8 Å². The molecule has 0 spiro atoms. The molecule has 2 aromatic heterocycles. The van der Waals surface area contributed by atoms with Gasteiger partial charge >= 0.3 is 0 Å². The predicted molar refractivity (Wildman–Crippen MR) is 62.5 cm³/mol. The number of hydrogen-bond acceptors (Lipinski definition) is 4. The van der Waals surface area contributed by atoms with Gasteiger partial charge in [-0.2, -0.15) is 14.6 Å². The van der Waals surface area contributed by atoms with E-state index in [4.69, 9.17) is 0 Å². The van der Waals surface area contributed by atoms with Crippen LogP contribution in [0.15, 0.2) is 29.5 Å². The van der Waals surface area contributed by atoms with Crippen molar-refractivity contribution in [2.45, 2.75) is 0 Å². The zero-order valence-electron chi connectivity index (χ0n) is 8.92. The first-order valence-electron chi connectivity index (χ1n) is 4.73. The van der Waals surface area contributed by atoms with Gasteiger partial charge in [0.15, 0.2) is 10.8 Å². The molecule has 0 aliphatic rings. The molecule has 2 aromatic rings. The minimum Gasteiger partial charge on any atom is -0.275 e. The molecule has 0 fully saturated rings. The molecule has 1 amide bonds. The van der Waals surface area contributed by atoms with Crippen molar-refractivity contribution >= 4 is 23.5 Å². The smallest absolute Gasteiger partial charge is 0.275 e. The Balaban J connectivity index is 1.94. The minimum atomic E-state index is -0.404. The molecular weight excluding hydrogens is 243 g/mol. The Morgan fingerprint density at radius 1 is 1.59 bits per heavy atom. The molecule has 0 aromatic carbocycles. The Morgan fingerprint density at radius 2 is 2.41 bits per heavy atom. The average molecular weight is 252 g/mol. The van der Waals surface area contributed by atoms with Crippen molar-refractivity contribution < 1.29 is 9.18 Å². The second-order valence-corrected chi connectivity index (χ2v) is 4.28. The van der Waals surface area contributed by atoms with Gasteiger partial charge in [-0.05, 0) is 18.2 Å². The predicted octanol–water partition coefficient (Wildman–Crippen LogP) is 1.38. The normalized spacial score (nSPS) is 10.9. The summed E-state index contributed by atoms with van der Waals surface area (Å²) in [6.07, 6.45) is 3.04. The van der Waals surface area contributed by atoms with E-state index >= 15 is 0 Å². The molecule has 0 saturated heterocycles. The van der Waals surface area contributed by atoms with Gasteiger partial charge < -0.3 is 0 Å². The lowest BCUT2D eigenvalue weighted by molar-refractivity contribution is 0.0949. The van der Waals surface area contributed by atoms with Crippen LogP contribution in [0.2, 0.25) is 0 Å². The minimum absolute atomic E-state index is 0.280. The van der Waals surface area contributed by atoms with Gasteiger partial charge in [-0.15, -0.1) is 11.3 Å². The maximum Gasteiger partial charge on any atom is 0.291 e. The lowest BCUT2D eigenvalue weighted by atomic mass is 10.4. The lowest BCUT2D eigenvalue weighted by Crippen LogP contribution is -2.18. The highest BCUT2D eigenvalue weighted by molar-refractivity contribution is 7.12. The SMILES string of the molecule is Cn1ccc(C(=O)N/N=C/c2ccc(F)s2)n1. The number of hydrogen-bond donors (Lipinski definition) is 1. The molecule has 5 nitrogen and oxygen atoms in total. The third-order valence-electron chi connectivity index (χ3n) is 1.90. The number of hydrazone groups is 1. The highest BCUT2D eigenvalue weighted by atomic mass is 32.1. The molecule has 1 N–H and O–H groups in total. The van der Waals surface area contributed by atoms with Crippen LogP contribution < -0.4 is 5.43 Å². The quantitative estimate of drug-likeness (QED) is 0.662. The van der Waals surface area contributed by atoms with E-state index < -0.39 is 5.91 Å². The van der Waals surface area contributed by atoms with Crippen molar-refractivity contribution in [1.29, 1.82) is 0 Å². The summed E-state index contributed by atoms with van der Waals surface area (Å²) in [5.41, 5.74) is 2.59. The maximum absolute atomic E-state index is 12.6. The number of amides is 1. The highest BCUT2D eigenvalue weighted by Crippen LogP contribution is 2.11. The fourth-order valence-corrected chi connectivity index (χ4v) is 1.75. The van der Waals surface area contributed by atoms with Crippen molar-refractivity contribution in [3.05, 3.63) is 40.1 Å². The number of aryl methyl sites for hydroxylation is 1. The second kappa shape index (κ2) is 4.88. The van der Waals surface area contributed by atoms with E-state index in [1.807, 2.05) is 0 Å². The van der Waals surface area contributed by atoms with E-state index in [1.54, 1.807) is 25.4 Å². The Kier molecular flexibility index (Phi) is 3.29. The third kappa shape index (κ3) is 2.97. The number of nitrogens with zero attached hydrogens (tertiary/aromatic N) is 3. The standard InChI is InChI=1S/C10H9FN4OS/c1-15-5-4-8(14-15)10(16)13-12-6-7-2-3-9(11)17-7/h2-6H,1H3,(H,13,16)/b12-6+. The van der Waals surface area contributed by atoms with Gasteiger partial charge in [-0.1, -0.05) is 0 Å².